The van der Waals surface area contributed by atoms with Gasteiger partial charge >= 0.3 is 5.97 Å². The lowest BCUT2D eigenvalue weighted by molar-refractivity contribution is -0.384. The second-order valence-corrected chi connectivity index (χ2v) is 8.83. The Kier molecular flexibility index (Phi) is 7.18. The molecule has 0 aromatic heterocycles. The van der Waals surface area contributed by atoms with Crippen molar-refractivity contribution < 1.29 is 23.9 Å². The van der Waals surface area contributed by atoms with Crippen LogP contribution in [0.5, 0.6) is 11.5 Å². The zero-order valence-electron chi connectivity index (χ0n) is 18.6. The van der Waals surface area contributed by atoms with Crippen molar-refractivity contribution in [2.75, 3.05) is 7.11 Å². The molecule has 0 saturated carbocycles. The molecule has 1 aliphatic rings. The van der Waals surface area contributed by atoms with Gasteiger partial charge in [0.25, 0.3) is 5.69 Å². The number of nitro benzene ring substituents is 1. The summed E-state index contributed by atoms with van der Waals surface area (Å²) in [4.78, 5) is 27.1. The molecule has 10 heteroatoms. The summed E-state index contributed by atoms with van der Waals surface area (Å²) in [5, 5.41) is 11.1. The van der Waals surface area contributed by atoms with Gasteiger partial charge in [0, 0.05) is 11.6 Å². The Morgan fingerprint density at radius 3 is 2.60 bits per heavy atom. The van der Waals surface area contributed by atoms with Crippen molar-refractivity contribution in [2.24, 2.45) is 4.99 Å². The summed E-state index contributed by atoms with van der Waals surface area (Å²) in [7, 11) is 1.52. The number of methoxy groups -OCH3 is 1. The summed E-state index contributed by atoms with van der Waals surface area (Å²) in [5.41, 5.74) is 2.76. The number of ether oxygens (including phenoxy) is 3. The van der Waals surface area contributed by atoms with Gasteiger partial charge in [-0.3, -0.25) is 10.1 Å². The van der Waals surface area contributed by atoms with Crippen LogP contribution in [0.4, 0.5) is 5.69 Å². The maximum absolute atomic E-state index is 12.4. The number of carbonyl (C=O) groups excluding carboxylic acids is 1. The molecule has 35 heavy (non-hydrogen) atoms. The third-order valence-corrected chi connectivity index (χ3v) is 5.98. The number of aliphatic imine (C=N–C) groups is 1. The van der Waals surface area contributed by atoms with Crippen molar-refractivity contribution in [2.45, 2.75) is 13.5 Å². The van der Waals surface area contributed by atoms with Gasteiger partial charge in [-0.2, -0.15) is 0 Å². The van der Waals surface area contributed by atoms with E-state index in [2.05, 4.69) is 20.9 Å². The van der Waals surface area contributed by atoms with Crippen LogP contribution in [0.15, 0.2) is 69.8 Å². The van der Waals surface area contributed by atoms with E-state index >= 15 is 0 Å². The fourth-order valence-electron chi connectivity index (χ4n) is 3.28. The summed E-state index contributed by atoms with van der Waals surface area (Å²) < 4.78 is 17.3. The molecule has 3 aromatic carbocycles. The highest BCUT2D eigenvalue weighted by Gasteiger charge is 2.26. The number of aryl methyl sites for hydroxylation is 1. The second-order valence-electron chi connectivity index (χ2n) is 7.57. The number of rotatable bonds is 7. The van der Waals surface area contributed by atoms with Crippen molar-refractivity contribution in [1.29, 1.82) is 0 Å². The molecule has 8 nitrogen and oxygen atoms in total. The third-order valence-electron chi connectivity index (χ3n) is 5.07. The van der Waals surface area contributed by atoms with Crippen LogP contribution >= 0.6 is 27.5 Å². The van der Waals surface area contributed by atoms with Gasteiger partial charge in [-0.15, -0.1) is 0 Å². The number of hydrogen-bond acceptors (Lipinski definition) is 7. The summed E-state index contributed by atoms with van der Waals surface area (Å²) >= 11 is 9.36. The smallest absolute Gasteiger partial charge is 0.363 e. The molecule has 0 spiro atoms. The number of nitro groups is 1. The van der Waals surface area contributed by atoms with Crippen LogP contribution in [-0.2, 0) is 16.1 Å². The maximum atomic E-state index is 12.4. The van der Waals surface area contributed by atoms with E-state index in [0.29, 0.717) is 28.1 Å². The number of esters is 1. The zero-order chi connectivity index (χ0) is 25.1. The van der Waals surface area contributed by atoms with Crippen LogP contribution in [0, 0.1) is 17.0 Å². The van der Waals surface area contributed by atoms with E-state index in [1.165, 1.54) is 31.4 Å². The fourth-order valence-corrected chi connectivity index (χ4v) is 4.04. The minimum atomic E-state index is -0.688. The SMILES string of the molecule is COc1cc(/C=C2\N=C(c3ccc(Cl)c([N+](=O)[O-])c3)OC2=O)cc(Br)c1OCc1ccc(C)cc1. The highest BCUT2D eigenvalue weighted by Crippen LogP contribution is 2.38. The molecule has 0 radical (unpaired) electrons. The molecule has 0 amide bonds. The van der Waals surface area contributed by atoms with Crippen LogP contribution in [0.2, 0.25) is 5.02 Å². The van der Waals surface area contributed by atoms with Crippen molar-refractivity contribution in [3.8, 4) is 11.5 Å². The Bertz CT molecular complexity index is 1390. The predicted molar refractivity (Wildman–Crippen MR) is 135 cm³/mol. The largest absolute Gasteiger partial charge is 0.493 e. The van der Waals surface area contributed by atoms with Crippen molar-refractivity contribution in [1.82, 2.24) is 0 Å². The monoisotopic (exact) mass is 556 g/mol. The first-order valence-electron chi connectivity index (χ1n) is 10.3. The molecule has 0 N–H and O–H groups in total. The van der Waals surface area contributed by atoms with Crippen LogP contribution in [0.1, 0.15) is 22.3 Å². The molecule has 0 bridgehead atoms. The Balaban J connectivity index is 1.60. The van der Waals surface area contributed by atoms with Gasteiger partial charge < -0.3 is 14.2 Å². The van der Waals surface area contributed by atoms with Crippen LogP contribution in [0.3, 0.4) is 0 Å². The lowest BCUT2D eigenvalue weighted by atomic mass is 10.1. The molecule has 0 fully saturated rings. The van der Waals surface area contributed by atoms with Crippen LogP contribution in [-0.4, -0.2) is 23.9 Å². The van der Waals surface area contributed by atoms with Gasteiger partial charge in [0.05, 0.1) is 16.5 Å². The molecule has 0 unspecified atom stereocenters. The number of cyclic esters (lactones) is 1. The van der Waals surface area contributed by atoms with E-state index in [0.717, 1.165) is 11.1 Å². The summed E-state index contributed by atoms with van der Waals surface area (Å²) in [6.07, 6.45) is 1.52. The molecule has 0 saturated heterocycles. The van der Waals surface area contributed by atoms with Crippen molar-refractivity contribution in [3.63, 3.8) is 0 Å². The molecule has 3 aromatic rings. The number of benzene rings is 3. The lowest BCUT2D eigenvalue weighted by Gasteiger charge is -2.14. The topological polar surface area (TPSA) is 100 Å². The molecule has 0 aliphatic carbocycles. The summed E-state index contributed by atoms with van der Waals surface area (Å²) in [6, 6.07) is 15.5. The second kappa shape index (κ2) is 10.3. The molecule has 1 heterocycles. The van der Waals surface area contributed by atoms with Gasteiger partial charge in [-0.25, -0.2) is 9.79 Å². The summed E-state index contributed by atoms with van der Waals surface area (Å²) in [6.45, 7) is 2.37. The van der Waals surface area contributed by atoms with E-state index in [-0.39, 0.29) is 27.9 Å². The fraction of sp³-hybridized carbons (Fsp3) is 0.120. The normalized spacial score (nSPS) is 14.0. The first-order valence-corrected chi connectivity index (χ1v) is 11.4. The number of nitrogens with zero attached hydrogens (tertiary/aromatic N) is 2. The van der Waals surface area contributed by atoms with Crippen LogP contribution in [0.25, 0.3) is 6.08 Å². The van der Waals surface area contributed by atoms with Crippen molar-refractivity contribution in [3.05, 3.63) is 102 Å². The average molecular weight is 558 g/mol. The van der Waals surface area contributed by atoms with Gasteiger partial charge in [0.2, 0.25) is 5.90 Å². The van der Waals surface area contributed by atoms with Crippen LogP contribution < -0.4 is 9.47 Å². The van der Waals surface area contributed by atoms with Gasteiger partial charge in [0.15, 0.2) is 17.2 Å². The Labute approximate surface area is 214 Å². The maximum Gasteiger partial charge on any atom is 0.363 e. The first-order chi connectivity index (χ1) is 16.7. The Hall–Kier alpha value is -3.69. The van der Waals surface area contributed by atoms with Gasteiger partial charge in [-0.1, -0.05) is 41.4 Å². The quantitative estimate of drug-likeness (QED) is 0.147. The summed E-state index contributed by atoms with van der Waals surface area (Å²) in [5.74, 6) is 0.238. The van der Waals surface area contributed by atoms with Crippen molar-refractivity contribution >= 4 is 51.2 Å². The Morgan fingerprint density at radius 2 is 1.91 bits per heavy atom. The molecule has 4 rings (SSSR count). The number of halogens is 2. The van der Waals surface area contributed by atoms with E-state index < -0.39 is 10.9 Å². The molecular weight excluding hydrogens is 540 g/mol. The molecular formula is C25H18BrClN2O6. The Morgan fingerprint density at radius 1 is 1.17 bits per heavy atom. The minimum absolute atomic E-state index is 0.0268. The molecule has 0 atom stereocenters. The number of carbonyl (C=O) groups is 1. The van der Waals surface area contributed by atoms with E-state index in [9.17, 15) is 14.9 Å². The number of hydrogen-bond donors (Lipinski definition) is 0. The lowest BCUT2D eigenvalue weighted by Crippen LogP contribution is -2.06. The first kappa shape index (κ1) is 24.4. The zero-order valence-corrected chi connectivity index (χ0v) is 20.9. The minimum Gasteiger partial charge on any atom is -0.493 e. The molecule has 1 aliphatic heterocycles. The molecule has 178 valence electrons. The van der Waals surface area contributed by atoms with E-state index in [4.69, 9.17) is 25.8 Å². The predicted octanol–water partition coefficient (Wildman–Crippen LogP) is 6.25. The van der Waals surface area contributed by atoms with Gasteiger partial charge in [0.1, 0.15) is 11.6 Å². The highest BCUT2D eigenvalue weighted by atomic mass is 79.9. The highest BCUT2D eigenvalue weighted by molar-refractivity contribution is 9.10. The average Bonchev–Trinajstić information content (AvgIpc) is 3.19. The standard InChI is InChI=1S/C25H18BrClN2O6/c1-14-3-5-15(6-4-14)13-34-23-18(26)9-16(11-22(23)33-2)10-20-25(30)35-24(28-20)17-7-8-19(27)21(12-17)29(31)32/h3-12H,13H2,1-2H3/b20-10-. The third kappa shape index (κ3) is 5.52. The van der Waals surface area contributed by atoms with Gasteiger partial charge in [-0.05, 0) is 64.3 Å². The van der Waals surface area contributed by atoms with E-state index in [1.807, 2.05) is 31.2 Å². The van der Waals surface area contributed by atoms with E-state index in [1.54, 1.807) is 12.1 Å².